The number of rotatable bonds is 5. The lowest BCUT2D eigenvalue weighted by molar-refractivity contribution is 0.199. The molecule has 1 heteroatoms. The van der Waals surface area contributed by atoms with E-state index in [2.05, 4.69) is 32.1 Å². The van der Waals surface area contributed by atoms with E-state index >= 15 is 0 Å². The summed E-state index contributed by atoms with van der Waals surface area (Å²) in [5, 5.41) is 0. The van der Waals surface area contributed by atoms with E-state index in [0.29, 0.717) is 11.8 Å². The summed E-state index contributed by atoms with van der Waals surface area (Å²) < 4.78 is 5.87. The van der Waals surface area contributed by atoms with Crippen LogP contribution in [0.25, 0.3) is 0 Å². The Bertz CT molecular complexity index is 297. The van der Waals surface area contributed by atoms with Gasteiger partial charge in [0.15, 0.2) is 0 Å². The van der Waals surface area contributed by atoms with Crippen molar-refractivity contribution in [2.45, 2.75) is 58.8 Å². The molecule has 0 bridgehead atoms. The second-order valence-electron chi connectivity index (χ2n) is 6.14. The Morgan fingerprint density at radius 3 is 2.61 bits per heavy atom. The Balaban J connectivity index is 1.61. The molecule has 2 aliphatic rings. The van der Waals surface area contributed by atoms with Crippen molar-refractivity contribution in [2.75, 3.05) is 6.61 Å². The zero-order chi connectivity index (χ0) is 12.8. The molecule has 1 saturated carbocycles. The predicted molar refractivity (Wildman–Crippen MR) is 77.3 cm³/mol. The maximum Gasteiger partial charge on any atom is 0.115 e. The van der Waals surface area contributed by atoms with Crippen LogP contribution in [0.4, 0.5) is 0 Å². The lowest BCUT2D eigenvalue weighted by Crippen LogP contribution is -2.10. The van der Waals surface area contributed by atoms with Crippen LogP contribution in [0, 0.1) is 17.8 Å². The van der Waals surface area contributed by atoms with E-state index < -0.39 is 0 Å². The van der Waals surface area contributed by atoms with E-state index in [9.17, 15) is 0 Å². The lowest BCUT2D eigenvalue weighted by atomic mass is 9.86. The molecular weight excluding hydrogens is 220 g/mol. The van der Waals surface area contributed by atoms with E-state index in [1.165, 1.54) is 44.9 Å². The van der Waals surface area contributed by atoms with E-state index in [1.807, 2.05) is 0 Å². The number of hydrogen-bond acceptors (Lipinski definition) is 1. The fraction of sp³-hybridized carbons (Fsp3) is 0.765. The molecular formula is C17H28O. The van der Waals surface area contributed by atoms with Gasteiger partial charge in [0.1, 0.15) is 5.76 Å². The summed E-state index contributed by atoms with van der Waals surface area (Å²) in [5.74, 6) is 3.34. The summed E-state index contributed by atoms with van der Waals surface area (Å²) in [4.78, 5) is 0. The van der Waals surface area contributed by atoms with Gasteiger partial charge < -0.3 is 4.74 Å². The SMILES string of the molecule is C[C@@H]1C=C(OCCCC2CCCCC2)C=C[C@@H]1C. The number of ether oxygens (including phenoxy) is 1. The van der Waals surface area contributed by atoms with Crippen LogP contribution in [0.15, 0.2) is 24.0 Å². The highest BCUT2D eigenvalue weighted by Gasteiger charge is 2.14. The van der Waals surface area contributed by atoms with Gasteiger partial charge in [-0.15, -0.1) is 0 Å². The lowest BCUT2D eigenvalue weighted by Gasteiger charge is -2.22. The van der Waals surface area contributed by atoms with Crippen molar-refractivity contribution in [3.8, 4) is 0 Å². The number of allylic oxidation sites excluding steroid dienone is 3. The summed E-state index contributed by atoms with van der Waals surface area (Å²) in [6, 6.07) is 0. The summed E-state index contributed by atoms with van der Waals surface area (Å²) >= 11 is 0. The third kappa shape index (κ3) is 4.19. The van der Waals surface area contributed by atoms with Crippen LogP contribution in [-0.2, 0) is 4.74 Å². The van der Waals surface area contributed by atoms with Gasteiger partial charge in [0.2, 0.25) is 0 Å². The average Bonchev–Trinajstić information content (AvgIpc) is 2.40. The third-order valence-electron chi connectivity index (χ3n) is 4.57. The Morgan fingerprint density at radius 1 is 1.11 bits per heavy atom. The van der Waals surface area contributed by atoms with Gasteiger partial charge in [-0.3, -0.25) is 0 Å². The van der Waals surface area contributed by atoms with Gasteiger partial charge >= 0.3 is 0 Å². The third-order valence-corrected chi connectivity index (χ3v) is 4.57. The van der Waals surface area contributed by atoms with E-state index in [-0.39, 0.29) is 0 Å². The Kier molecular flexibility index (Phi) is 5.34. The van der Waals surface area contributed by atoms with E-state index in [1.54, 1.807) is 0 Å². The van der Waals surface area contributed by atoms with Crippen molar-refractivity contribution < 1.29 is 4.74 Å². The van der Waals surface area contributed by atoms with Crippen LogP contribution in [-0.4, -0.2) is 6.61 Å². The molecule has 0 aliphatic heterocycles. The minimum Gasteiger partial charge on any atom is -0.494 e. The largest absolute Gasteiger partial charge is 0.494 e. The molecule has 0 aromatic rings. The van der Waals surface area contributed by atoms with Crippen molar-refractivity contribution in [2.24, 2.45) is 17.8 Å². The van der Waals surface area contributed by atoms with Gasteiger partial charge in [0.25, 0.3) is 0 Å². The van der Waals surface area contributed by atoms with Crippen molar-refractivity contribution in [1.82, 2.24) is 0 Å². The molecule has 102 valence electrons. The zero-order valence-electron chi connectivity index (χ0n) is 12.0. The molecule has 0 saturated heterocycles. The van der Waals surface area contributed by atoms with Gasteiger partial charge in [-0.1, -0.05) is 52.0 Å². The first-order valence-electron chi connectivity index (χ1n) is 7.78. The molecule has 2 aliphatic carbocycles. The molecule has 0 aromatic carbocycles. The maximum absolute atomic E-state index is 5.87. The zero-order valence-corrected chi connectivity index (χ0v) is 12.0. The van der Waals surface area contributed by atoms with Gasteiger partial charge in [0.05, 0.1) is 6.61 Å². The molecule has 1 fully saturated rings. The van der Waals surface area contributed by atoms with Crippen molar-refractivity contribution >= 4 is 0 Å². The second-order valence-corrected chi connectivity index (χ2v) is 6.14. The Morgan fingerprint density at radius 2 is 1.89 bits per heavy atom. The van der Waals surface area contributed by atoms with Crippen molar-refractivity contribution in [1.29, 1.82) is 0 Å². The molecule has 0 radical (unpaired) electrons. The van der Waals surface area contributed by atoms with Crippen LogP contribution in [0.1, 0.15) is 58.8 Å². The van der Waals surface area contributed by atoms with Crippen molar-refractivity contribution in [3.05, 3.63) is 24.0 Å². The predicted octanol–water partition coefficient (Wildman–Crippen LogP) is 5.09. The summed E-state index contributed by atoms with van der Waals surface area (Å²) in [5.41, 5.74) is 0. The molecule has 2 rings (SSSR count). The molecule has 2 atom stereocenters. The Hall–Kier alpha value is -0.720. The summed E-state index contributed by atoms with van der Waals surface area (Å²) in [6.07, 6.45) is 16.5. The molecule has 0 unspecified atom stereocenters. The van der Waals surface area contributed by atoms with Crippen molar-refractivity contribution in [3.63, 3.8) is 0 Å². The van der Waals surface area contributed by atoms with Crippen LogP contribution >= 0.6 is 0 Å². The minimum atomic E-state index is 0.614. The van der Waals surface area contributed by atoms with Gasteiger partial charge in [-0.25, -0.2) is 0 Å². The van der Waals surface area contributed by atoms with Crippen LogP contribution < -0.4 is 0 Å². The fourth-order valence-electron chi connectivity index (χ4n) is 3.02. The smallest absolute Gasteiger partial charge is 0.115 e. The molecule has 0 amide bonds. The minimum absolute atomic E-state index is 0.614. The highest BCUT2D eigenvalue weighted by molar-refractivity contribution is 5.19. The summed E-state index contributed by atoms with van der Waals surface area (Å²) in [7, 11) is 0. The first kappa shape index (κ1) is 13.7. The van der Waals surface area contributed by atoms with Gasteiger partial charge in [-0.2, -0.15) is 0 Å². The molecule has 0 aromatic heterocycles. The van der Waals surface area contributed by atoms with Crippen LogP contribution in [0.5, 0.6) is 0 Å². The Labute approximate surface area is 112 Å². The van der Waals surface area contributed by atoms with Gasteiger partial charge in [0, 0.05) is 0 Å². The second kappa shape index (κ2) is 7.01. The normalized spacial score (nSPS) is 29.1. The average molecular weight is 248 g/mol. The maximum atomic E-state index is 5.87. The highest BCUT2D eigenvalue weighted by atomic mass is 16.5. The number of hydrogen-bond donors (Lipinski definition) is 0. The molecule has 0 heterocycles. The van der Waals surface area contributed by atoms with E-state index in [0.717, 1.165) is 18.3 Å². The molecule has 0 N–H and O–H groups in total. The van der Waals surface area contributed by atoms with E-state index in [4.69, 9.17) is 4.74 Å². The topological polar surface area (TPSA) is 9.23 Å². The first-order valence-corrected chi connectivity index (χ1v) is 7.78. The molecule has 0 spiro atoms. The molecule has 18 heavy (non-hydrogen) atoms. The monoisotopic (exact) mass is 248 g/mol. The van der Waals surface area contributed by atoms with Crippen LogP contribution in [0.3, 0.4) is 0 Å². The summed E-state index contributed by atoms with van der Waals surface area (Å²) in [6.45, 7) is 5.42. The van der Waals surface area contributed by atoms with Gasteiger partial charge in [-0.05, 0) is 42.7 Å². The first-order chi connectivity index (χ1) is 8.75. The van der Waals surface area contributed by atoms with Crippen LogP contribution in [0.2, 0.25) is 0 Å². The fourth-order valence-corrected chi connectivity index (χ4v) is 3.02. The molecule has 1 nitrogen and oxygen atoms in total. The standard InChI is InChI=1S/C17H28O/c1-14-10-11-17(13-15(14)2)18-12-6-9-16-7-4-3-5-8-16/h10-11,13-16H,3-9,12H2,1-2H3/t14-,15+/m0/s1. The highest BCUT2D eigenvalue weighted by Crippen LogP contribution is 2.27. The quantitative estimate of drug-likeness (QED) is 0.616.